The molecule has 0 fully saturated rings. The zero-order chi connectivity index (χ0) is 22.2. The van der Waals surface area contributed by atoms with Crippen molar-refractivity contribution in [3.8, 4) is 0 Å². The maximum atomic E-state index is 12.3. The molecule has 0 aliphatic carbocycles. The molecule has 0 aromatic carbocycles. The Labute approximate surface area is 173 Å². The van der Waals surface area contributed by atoms with Crippen molar-refractivity contribution in [3.05, 3.63) is 23.9 Å². The van der Waals surface area contributed by atoms with Gasteiger partial charge < -0.3 is 14.8 Å². The number of rotatable bonds is 7. The van der Waals surface area contributed by atoms with E-state index in [0.717, 1.165) is 0 Å². The summed E-state index contributed by atoms with van der Waals surface area (Å²) >= 11 is 0. The Morgan fingerprint density at radius 1 is 1.03 bits per heavy atom. The van der Waals surface area contributed by atoms with Crippen molar-refractivity contribution in [2.75, 3.05) is 18.0 Å². The molecule has 2 amide bonds. The molecule has 0 radical (unpaired) electrons. The van der Waals surface area contributed by atoms with Gasteiger partial charge in [-0.3, -0.25) is 9.69 Å². The Bertz CT molecular complexity index is 703. The highest BCUT2D eigenvalue weighted by Gasteiger charge is 2.23. The number of anilines is 1. The van der Waals surface area contributed by atoms with E-state index < -0.39 is 23.4 Å². The van der Waals surface area contributed by atoms with Crippen LogP contribution >= 0.6 is 0 Å². The Balaban J connectivity index is 2.56. The number of Topliss-reactive ketones (excluding diaryl/α,β-unsaturated/α-hetero) is 1. The van der Waals surface area contributed by atoms with Crippen molar-refractivity contribution >= 4 is 23.8 Å². The quantitative estimate of drug-likeness (QED) is 0.534. The van der Waals surface area contributed by atoms with Gasteiger partial charge in [-0.1, -0.05) is 0 Å². The van der Waals surface area contributed by atoms with E-state index in [4.69, 9.17) is 9.47 Å². The first-order chi connectivity index (χ1) is 13.3. The number of nitrogens with one attached hydrogen (secondary N) is 1. The number of hydrogen-bond acceptors (Lipinski definition) is 6. The second kappa shape index (κ2) is 10.2. The molecule has 0 unspecified atom stereocenters. The van der Waals surface area contributed by atoms with E-state index in [1.165, 1.54) is 11.1 Å². The van der Waals surface area contributed by atoms with E-state index in [9.17, 15) is 14.4 Å². The minimum Gasteiger partial charge on any atom is -0.444 e. The van der Waals surface area contributed by atoms with Crippen LogP contribution in [0.1, 0.15) is 71.7 Å². The topological polar surface area (TPSA) is 97.8 Å². The first-order valence-electron chi connectivity index (χ1n) is 9.79. The average molecular weight is 408 g/mol. The molecule has 29 heavy (non-hydrogen) atoms. The van der Waals surface area contributed by atoms with Gasteiger partial charge in [-0.2, -0.15) is 0 Å². The molecule has 162 valence electrons. The highest BCUT2D eigenvalue weighted by molar-refractivity contribution is 5.96. The van der Waals surface area contributed by atoms with Crippen LogP contribution in [0.25, 0.3) is 0 Å². The standard InChI is InChI=1S/C21H33N3O5/c1-8-24(19(27)29-21(5,6)7)17-12-11-15(14-23-17)16(25)10-9-13-22-18(26)28-20(2,3)4/h11-12,14H,8-10,13H2,1-7H3,(H,22,26). The van der Waals surface area contributed by atoms with Gasteiger partial charge in [-0.25, -0.2) is 14.6 Å². The van der Waals surface area contributed by atoms with E-state index in [2.05, 4.69) is 10.3 Å². The Morgan fingerprint density at radius 2 is 1.66 bits per heavy atom. The predicted molar refractivity (Wildman–Crippen MR) is 111 cm³/mol. The highest BCUT2D eigenvalue weighted by Crippen LogP contribution is 2.17. The van der Waals surface area contributed by atoms with Gasteiger partial charge in [0.1, 0.15) is 17.0 Å². The molecule has 0 atom stereocenters. The van der Waals surface area contributed by atoms with E-state index in [-0.39, 0.29) is 12.2 Å². The second-order valence-corrected chi connectivity index (χ2v) is 8.59. The molecule has 0 saturated carbocycles. The minimum atomic E-state index is -0.603. The first kappa shape index (κ1) is 24.4. The smallest absolute Gasteiger partial charge is 0.415 e. The van der Waals surface area contributed by atoms with Crippen molar-refractivity contribution in [1.82, 2.24) is 10.3 Å². The van der Waals surface area contributed by atoms with Crippen LogP contribution in [0, 0.1) is 0 Å². The molecule has 1 aromatic rings. The van der Waals surface area contributed by atoms with Gasteiger partial charge in [0, 0.05) is 31.3 Å². The van der Waals surface area contributed by atoms with E-state index >= 15 is 0 Å². The van der Waals surface area contributed by atoms with Crippen LogP contribution in [0.15, 0.2) is 18.3 Å². The van der Waals surface area contributed by atoms with Crippen molar-refractivity contribution in [2.45, 2.75) is 72.5 Å². The number of amides is 2. The Morgan fingerprint density at radius 3 is 2.14 bits per heavy atom. The summed E-state index contributed by atoms with van der Waals surface area (Å²) in [5.74, 6) is 0.334. The number of ketones is 1. The second-order valence-electron chi connectivity index (χ2n) is 8.59. The van der Waals surface area contributed by atoms with Crippen molar-refractivity contribution in [1.29, 1.82) is 0 Å². The molecule has 8 nitrogen and oxygen atoms in total. The molecule has 1 heterocycles. The lowest BCUT2D eigenvalue weighted by Crippen LogP contribution is -2.37. The summed E-state index contributed by atoms with van der Waals surface area (Å²) in [7, 11) is 0. The molecule has 0 aliphatic heterocycles. The molecular weight excluding hydrogens is 374 g/mol. The maximum Gasteiger partial charge on any atom is 0.415 e. The molecule has 8 heteroatoms. The van der Waals surface area contributed by atoms with Crippen LogP contribution in [0.5, 0.6) is 0 Å². The minimum absolute atomic E-state index is 0.0876. The van der Waals surface area contributed by atoms with Crippen molar-refractivity contribution < 1.29 is 23.9 Å². The summed E-state index contributed by atoms with van der Waals surface area (Å²) in [5.41, 5.74) is -0.710. The van der Waals surface area contributed by atoms with Gasteiger partial charge >= 0.3 is 12.2 Å². The van der Waals surface area contributed by atoms with Gasteiger partial charge in [0.2, 0.25) is 0 Å². The fourth-order valence-electron chi connectivity index (χ4n) is 2.31. The number of alkyl carbamates (subject to hydrolysis) is 1. The van der Waals surface area contributed by atoms with Crippen LogP contribution in [0.3, 0.4) is 0 Å². The molecule has 1 N–H and O–H groups in total. The molecule has 1 aromatic heterocycles. The summed E-state index contributed by atoms with van der Waals surface area (Å²) in [6.07, 6.45) is 1.21. The van der Waals surface area contributed by atoms with Crippen LogP contribution in [0.4, 0.5) is 15.4 Å². The Hall–Kier alpha value is -2.64. The summed E-state index contributed by atoms with van der Waals surface area (Å²) in [4.78, 5) is 41.8. The average Bonchev–Trinajstić information content (AvgIpc) is 2.56. The van der Waals surface area contributed by atoms with Crippen molar-refractivity contribution in [2.24, 2.45) is 0 Å². The SMILES string of the molecule is CCN(C(=O)OC(C)(C)C)c1ccc(C(=O)CCCNC(=O)OC(C)(C)C)cn1. The lowest BCUT2D eigenvalue weighted by molar-refractivity contribution is 0.0523. The van der Waals surface area contributed by atoms with Gasteiger partial charge in [0.05, 0.1) is 0 Å². The predicted octanol–water partition coefficient (Wildman–Crippen LogP) is 4.33. The van der Waals surface area contributed by atoms with Crippen LogP contribution < -0.4 is 10.2 Å². The van der Waals surface area contributed by atoms with Gasteiger partial charge in [-0.05, 0) is 67.0 Å². The molecular formula is C21H33N3O5. The zero-order valence-electron chi connectivity index (χ0n) is 18.5. The number of carbonyl (C=O) groups is 3. The van der Waals surface area contributed by atoms with Gasteiger partial charge in [0.15, 0.2) is 5.78 Å². The third kappa shape index (κ3) is 9.40. The summed E-state index contributed by atoms with van der Waals surface area (Å²) in [5, 5.41) is 2.62. The number of carbonyl (C=O) groups excluding carboxylic acids is 3. The third-order valence-electron chi connectivity index (χ3n) is 3.53. The third-order valence-corrected chi connectivity index (χ3v) is 3.53. The number of nitrogens with zero attached hydrogens (tertiary/aromatic N) is 2. The highest BCUT2D eigenvalue weighted by atomic mass is 16.6. The number of hydrogen-bond donors (Lipinski definition) is 1. The summed E-state index contributed by atoms with van der Waals surface area (Å²) in [6.45, 7) is 13.3. The van der Waals surface area contributed by atoms with Crippen LogP contribution in [0.2, 0.25) is 0 Å². The number of ether oxygens (including phenoxy) is 2. The van der Waals surface area contributed by atoms with Crippen LogP contribution in [-0.2, 0) is 9.47 Å². The van der Waals surface area contributed by atoms with Gasteiger partial charge in [0.25, 0.3) is 0 Å². The fraction of sp³-hybridized carbons (Fsp3) is 0.619. The first-order valence-corrected chi connectivity index (χ1v) is 9.79. The monoisotopic (exact) mass is 407 g/mol. The van der Waals surface area contributed by atoms with E-state index in [0.29, 0.717) is 30.9 Å². The van der Waals surface area contributed by atoms with E-state index in [1.807, 2.05) is 6.92 Å². The van der Waals surface area contributed by atoms with E-state index in [1.54, 1.807) is 53.7 Å². The molecule has 0 spiro atoms. The zero-order valence-corrected chi connectivity index (χ0v) is 18.5. The van der Waals surface area contributed by atoms with Crippen LogP contribution in [-0.4, -0.2) is 47.2 Å². The lowest BCUT2D eigenvalue weighted by atomic mass is 10.1. The van der Waals surface area contributed by atoms with Crippen molar-refractivity contribution in [3.63, 3.8) is 0 Å². The molecule has 1 rings (SSSR count). The number of aromatic nitrogens is 1. The Kier molecular flexibility index (Phi) is 8.60. The largest absolute Gasteiger partial charge is 0.444 e. The maximum absolute atomic E-state index is 12.3. The van der Waals surface area contributed by atoms with Gasteiger partial charge in [-0.15, -0.1) is 0 Å². The molecule has 0 bridgehead atoms. The number of pyridine rings is 1. The fourth-order valence-corrected chi connectivity index (χ4v) is 2.31. The molecule has 0 aliphatic rings. The normalized spacial score (nSPS) is 11.6. The molecule has 0 saturated heterocycles. The summed E-state index contributed by atoms with van der Waals surface area (Å²) in [6, 6.07) is 3.26. The lowest BCUT2D eigenvalue weighted by Gasteiger charge is -2.25. The summed E-state index contributed by atoms with van der Waals surface area (Å²) < 4.78 is 10.5.